The van der Waals surface area contributed by atoms with Gasteiger partial charge < -0.3 is 15.1 Å². The lowest BCUT2D eigenvalue weighted by atomic mass is 9.83. The smallest absolute Gasteiger partial charge is 0.256 e. The molecule has 170 valence electrons. The molecule has 1 fully saturated rings. The number of likely N-dealkylation sites (tertiary alicyclic amines) is 1. The van der Waals surface area contributed by atoms with Crippen LogP contribution < -0.4 is 10.2 Å². The first-order chi connectivity index (χ1) is 15.9. The molecule has 1 aliphatic heterocycles. The molecule has 33 heavy (non-hydrogen) atoms. The quantitative estimate of drug-likeness (QED) is 0.615. The first-order valence-corrected chi connectivity index (χ1v) is 11.1. The summed E-state index contributed by atoms with van der Waals surface area (Å²) in [6.07, 6.45) is 0.618. The predicted octanol–water partition coefficient (Wildman–Crippen LogP) is 4.78. The number of rotatable bonds is 5. The van der Waals surface area contributed by atoms with Crippen LogP contribution in [-0.2, 0) is 4.79 Å². The minimum atomic E-state index is -0.550. The van der Waals surface area contributed by atoms with E-state index in [9.17, 15) is 14.0 Å². The van der Waals surface area contributed by atoms with Crippen LogP contribution in [0.4, 0.5) is 15.8 Å². The number of nitrogens with one attached hydrogen (secondary N) is 1. The number of carbonyl (C=O) groups excluding carboxylic acids is 2. The van der Waals surface area contributed by atoms with Gasteiger partial charge in [0.05, 0.1) is 11.5 Å². The number of benzene rings is 3. The van der Waals surface area contributed by atoms with Gasteiger partial charge in [0.1, 0.15) is 5.82 Å². The number of carbonyl (C=O) groups is 2. The van der Waals surface area contributed by atoms with E-state index < -0.39 is 11.7 Å². The number of hydrogen-bond donors (Lipinski definition) is 1. The van der Waals surface area contributed by atoms with Crippen molar-refractivity contribution in [1.29, 1.82) is 0 Å². The molecule has 0 unspecified atom stereocenters. The summed E-state index contributed by atoms with van der Waals surface area (Å²) in [6.45, 7) is 0.691. The van der Waals surface area contributed by atoms with Gasteiger partial charge in [0, 0.05) is 44.5 Å². The summed E-state index contributed by atoms with van der Waals surface area (Å²) in [5.74, 6) is -1.50. The Morgan fingerprint density at radius 2 is 1.58 bits per heavy atom. The van der Waals surface area contributed by atoms with Crippen molar-refractivity contribution in [2.75, 3.05) is 37.4 Å². The highest BCUT2D eigenvalue weighted by atomic mass is 19.1. The fraction of sp³-hybridized carbons (Fsp3) is 0.259. The molecule has 0 spiro atoms. The summed E-state index contributed by atoms with van der Waals surface area (Å²) in [5, 5.41) is 2.99. The number of anilines is 2. The van der Waals surface area contributed by atoms with Gasteiger partial charge in [-0.2, -0.15) is 0 Å². The molecule has 5 nitrogen and oxygen atoms in total. The molecule has 4 rings (SSSR count). The summed E-state index contributed by atoms with van der Waals surface area (Å²) < 4.78 is 14.3. The maximum absolute atomic E-state index is 14.3. The second-order valence-electron chi connectivity index (χ2n) is 8.66. The molecule has 3 aromatic carbocycles. The fourth-order valence-electron chi connectivity index (χ4n) is 4.31. The molecule has 0 saturated carbocycles. The van der Waals surface area contributed by atoms with Crippen molar-refractivity contribution in [2.24, 2.45) is 5.92 Å². The van der Waals surface area contributed by atoms with E-state index in [1.54, 1.807) is 17.0 Å². The number of amides is 2. The molecule has 3 aromatic rings. The van der Waals surface area contributed by atoms with Crippen LogP contribution in [0.1, 0.15) is 28.3 Å². The zero-order chi connectivity index (χ0) is 23.4. The van der Waals surface area contributed by atoms with Crippen LogP contribution in [0.15, 0.2) is 78.9 Å². The topological polar surface area (TPSA) is 52.7 Å². The first-order valence-electron chi connectivity index (χ1n) is 11.1. The molecule has 1 N–H and O–H groups in total. The normalized spacial score (nSPS) is 18.0. The highest BCUT2D eigenvalue weighted by molar-refractivity contribution is 5.96. The Morgan fingerprint density at radius 1 is 0.909 bits per heavy atom. The van der Waals surface area contributed by atoms with Crippen LogP contribution in [0.3, 0.4) is 0 Å². The highest BCUT2D eigenvalue weighted by Gasteiger charge is 2.35. The van der Waals surface area contributed by atoms with Crippen molar-refractivity contribution in [2.45, 2.75) is 12.3 Å². The molecular weight excluding hydrogens is 417 g/mol. The lowest BCUT2D eigenvalue weighted by Gasteiger charge is -2.37. The zero-order valence-electron chi connectivity index (χ0n) is 18.9. The van der Waals surface area contributed by atoms with Crippen molar-refractivity contribution < 1.29 is 14.0 Å². The van der Waals surface area contributed by atoms with Crippen LogP contribution >= 0.6 is 0 Å². The number of halogens is 1. The van der Waals surface area contributed by atoms with Crippen LogP contribution in [-0.4, -0.2) is 43.9 Å². The number of piperidine rings is 1. The van der Waals surface area contributed by atoms with E-state index >= 15 is 0 Å². The van der Waals surface area contributed by atoms with Crippen molar-refractivity contribution in [3.8, 4) is 0 Å². The molecule has 6 heteroatoms. The molecule has 0 bridgehead atoms. The third-order valence-corrected chi connectivity index (χ3v) is 6.14. The largest absolute Gasteiger partial charge is 0.378 e. The van der Waals surface area contributed by atoms with E-state index in [2.05, 4.69) is 5.32 Å². The van der Waals surface area contributed by atoms with E-state index in [0.29, 0.717) is 18.7 Å². The Kier molecular flexibility index (Phi) is 6.73. The van der Waals surface area contributed by atoms with E-state index in [0.717, 1.165) is 11.3 Å². The minimum Gasteiger partial charge on any atom is -0.378 e. The average Bonchev–Trinajstić information content (AvgIpc) is 2.84. The van der Waals surface area contributed by atoms with Gasteiger partial charge in [-0.15, -0.1) is 0 Å². The summed E-state index contributed by atoms with van der Waals surface area (Å²) in [7, 11) is 3.92. The van der Waals surface area contributed by atoms with E-state index in [1.165, 1.54) is 12.1 Å². The summed E-state index contributed by atoms with van der Waals surface area (Å²) in [5.41, 5.74) is 2.84. The molecule has 2 amide bonds. The number of hydrogen-bond acceptors (Lipinski definition) is 3. The maximum atomic E-state index is 14.3. The monoisotopic (exact) mass is 445 g/mol. The van der Waals surface area contributed by atoms with Gasteiger partial charge in [-0.3, -0.25) is 9.59 Å². The highest BCUT2D eigenvalue weighted by Crippen LogP contribution is 2.32. The van der Waals surface area contributed by atoms with Gasteiger partial charge in [-0.25, -0.2) is 4.39 Å². The molecule has 1 saturated heterocycles. The molecular formula is C27H28FN3O2. The third-order valence-electron chi connectivity index (χ3n) is 6.14. The van der Waals surface area contributed by atoms with Crippen molar-refractivity contribution >= 4 is 23.2 Å². The summed E-state index contributed by atoms with van der Waals surface area (Å²) in [4.78, 5) is 30.0. The molecule has 1 aliphatic rings. The molecule has 0 aliphatic carbocycles. The van der Waals surface area contributed by atoms with E-state index in [1.807, 2.05) is 73.6 Å². The van der Waals surface area contributed by atoms with Crippen LogP contribution in [0.5, 0.6) is 0 Å². The Hall–Kier alpha value is -3.67. The van der Waals surface area contributed by atoms with Crippen molar-refractivity contribution in [1.82, 2.24) is 4.90 Å². The van der Waals surface area contributed by atoms with Crippen LogP contribution in [0, 0.1) is 11.7 Å². The predicted molar refractivity (Wildman–Crippen MR) is 129 cm³/mol. The van der Waals surface area contributed by atoms with Crippen LogP contribution in [0.25, 0.3) is 0 Å². The standard InChI is InChI=1S/C27H28FN3O2/c1-30(2)23-14-12-22(13-15-23)29-26(32)21-16-20(19-8-4-3-5-9-19)17-31(18-21)27(33)24-10-6-7-11-25(24)28/h3-15,20-21H,16-18H2,1-2H3,(H,29,32)/t20-,21+/m1/s1. The maximum Gasteiger partial charge on any atom is 0.256 e. The summed E-state index contributed by atoms with van der Waals surface area (Å²) >= 11 is 0. The van der Waals surface area contributed by atoms with E-state index in [-0.39, 0.29) is 29.8 Å². The lowest BCUT2D eigenvalue weighted by molar-refractivity contribution is -0.121. The van der Waals surface area contributed by atoms with Gasteiger partial charge in [-0.05, 0) is 48.4 Å². The second kappa shape index (κ2) is 9.86. The molecule has 0 aromatic heterocycles. The molecule has 0 radical (unpaired) electrons. The second-order valence-corrected chi connectivity index (χ2v) is 8.66. The minimum absolute atomic E-state index is 0.0115. The Morgan fingerprint density at radius 3 is 2.24 bits per heavy atom. The van der Waals surface area contributed by atoms with E-state index in [4.69, 9.17) is 0 Å². The van der Waals surface area contributed by atoms with Gasteiger partial charge >= 0.3 is 0 Å². The summed E-state index contributed by atoms with van der Waals surface area (Å²) in [6, 6.07) is 23.5. The van der Waals surface area contributed by atoms with Crippen LogP contribution in [0.2, 0.25) is 0 Å². The molecule has 2 atom stereocenters. The first kappa shape index (κ1) is 22.5. The SMILES string of the molecule is CN(C)c1ccc(NC(=O)[C@H]2C[C@@H](c3ccccc3)CN(C(=O)c3ccccc3F)C2)cc1. The Balaban J connectivity index is 1.56. The van der Waals surface area contributed by atoms with Crippen molar-refractivity contribution in [3.63, 3.8) is 0 Å². The van der Waals surface area contributed by atoms with Gasteiger partial charge in [-0.1, -0.05) is 42.5 Å². The Bertz CT molecular complexity index is 1120. The van der Waals surface area contributed by atoms with Crippen molar-refractivity contribution in [3.05, 3.63) is 95.8 Å². The number of nitrogens with zero attached hydrogens (tertiary/aromatic N) is 2. The van der Waals surface area contributed by atoms with Gasteiger partial charge in [0.15, 0.2) is 0 Å². The van der Waals surface area contributed by atoms with Gasteiger partial charge in [0.2, 0.25) is 5.91 Å². The average molecular weight is 446 g/mol. The zero-order valence-corrected chi connectivity index (χ0v) is 18.9. The third kappa shape index (κ3) is 5.22. The molecule has 1 heterocycles. The van der Waals surface area contributed by atoms with Gasteiger partial charge in [0.25, 0.3) is 5.91 Å². The Labute approximate surface area is 193 Å². The lowest BCUT2D eigenvalue weighted by Crippen LogP contribution is -2.46. The fourth-order valence-corrected chi connectivity index (χ4v) is 4.31.